The van der Waals surface area contributed by atoms with Crippen molar-refractivity contribution < 1.29 is 18.0 Å². The quantitative estimate of drug-likeness (QED) is 0.382. The molecular weight excluding hydrogens is 612 g/mol. The average Bonchev–Trinajstić information content (AvgIpc) is 2.72. The molecule has 0 fully saturated rings. The average molecular weight is 640 g/mol. The number of hydrogen-bond acceptors (Lipinski definition) is 4. The molecule has 0 saturated carbocycles. The molecule has 0 spiro atoms. The molecular formula is C23H28Cl2IN3O4S. The number of benzene rings is 2. The van der Waals surface area contributed by atoms with E-state index in [0.717, 1.165) is 14.1 Å². The first-order valence-electron chi connectivity index (χ1n) is 10.6. The number of carbonyl (C=O) groups excluding carboxylic acids is 2. The molecule has 0 heterocycles. The van der Waals surface area contributed by atoms with Crippen LogP contribution in [0.1, 0.15) is 32.8 Å². The fourth-order valence-electron chi connectivity index (χ4n) is 3.35. The fraction of sp³-hybridized carbons (Fsp3) is 0.391. The Bertz CT molecular complexity index is 1130. The van der Waals surface area contributed by atoms with E-state index in [1.165, 1.54) is 4.90 Å². The Hall–Kier alpha value is -1.56. The van der Waals surface area contributed by atoms with Gasteiger partial charge in [-0.15, -0.1) is 0 Å². The minimum atomic E-state index is -3.78. The SMILES string of the molecule is CC[C@@H](C(=O)NC(C)C)N(Cc1ccc(Cl)cc1Cl)C(=O)CN(c1ccc(I)cc1)S(C)(=O)=O. The number of hydrogen-bond donors (Lipinski definition) is 1. The van der Waals surface area contributed by atoms with Crippen molar-refractivity contribution in [3.8, 4) is 0 Å². The van der Waals surface area contributed by atoms with Gasteiger partial charge in [0.1, 0.15) is 12.6 Å². The maximum atomic E-state index is 13.6. The predicted octanol–water partition coefficient (Wildman–Crippen LogP) is 4.70. The standard InChI is InChI=1S/C23H28Cl2IN3O4S/c1-5-21(23(31)27-15(2)3)28(13-16-6-7-17(24)12-20(16)25)22(30)14-29(34(4,32)33)19-10-8-18(26)9-11-19/h6-12,15,21H,5,13-14H2,1-4H3,(H,27,31)/t21-/m0/s1. The van der Waals surface area contributed by atoms with Crippen LogP contribution in [-0.2, 0) is 26.2 Å². The van der Waals surface area contributed by atoms with Crippen LogP contribution in [0.3, 0.4) is 0 Å². The number of anilines is 1. The van der Waals surface area contributed by atoms with Gasteiger partial charge in [0.2, 0.25) is 21.8 Å². The summed E-state index contributed by atoms with van der Waals surface area (Å²) in [7, 11) is -3.78. The molecule has 0 bridgehead atoms. The second-order valence-corrected chi connectivity index (χ2v) is 12.1. The van der Waals surface area contributed by atoms with Crippen molar-refractivity contribution >= 4 is 73.3 Å². The van der Waals surface area contributed by atoms with Gasteiger partial charge < -0.3 is 10.2 Å². The van der Waals surface area contributed by atoms with Gasteiger partial charge in [-0.1, -0.05) is 36.2 Å². The first kappa shape index (κ1) is 28.7. The zero-order chi connectivity index (χ0) is 25.6. The highest BCUT2D eigenvalue weighted by atomic mass is 127. The predicted molar refractivity (Wildman–Crippen MR) is 146 cm³/mol. The van der Waals surface area contributed by atoms with Gasteiger partial charge in [-0.3, -0.25) is 13.9 Å². The highest BCUT2D eigenvalue weighted by Gasteiger charge is 2.32. The normalized spacial score (nSPS) is 12.4. The van der Waals surface area contributed by atoms with E-state index in [1.54, 1.807) is 49.4 Å². The monoisotopic (exact) mass is 639 g/mol. The van der Waals surface area contributed by atoms with E-state index in [9.17, 15) is 18.0 Å². The molecule has 186 valence electrons. The zero-order valence-electron chi connectivity index (χ0n) is 19.4. The Labute approximate surface area is 225 Å². The van der Waals surface area contributed by atoms with Gasteiger partial charge in [0, 0.05) is 26.2 Å². The lowest BCUT2D eigenvalue weighted by molar-refractivity contribution is -0.140. The molecule has 0 aliphatic carbocycles. The summed E-state index contributed by atoms with van der Waals surface area (Å²) in [6.07, 6.45) is 1.37. The molecule has 0 aliphatic heterocycles. The van der Waals surface area contributed by atoms with E-state index in [-0.39, 0.29) is 18.5 Å². The van der Waals surface area contributed by atoms with Crippen LogP contribution in [0.4, 0.5) is 5.69 Å². The minimum Gasteiger partial charge on any atom is -0.352 e. The Morgan fingerprint density at radius 3 is 2.21 bits per heavy atom. The summed E-state index contributed by atoms with van der Waals surface area (Å²) in [6.45, 7) is 5.01. The van der Waals surface area contributed by atoms with Crippen LogP contribution >= 0.6 is 45.8 Å². The molecule has 1 N–H and O–H groups in total. The number of amides is 2. The number of nitrogens with zero attached hydrogens (tertiary/aromatic N) is 2. The van der Waals surface area contributed by atoms with Gasteiger partial charge >= 0.3 is 0 Å². The molecule has 0 aromatic heterocycles. The number of halogens is 3. The minimum absolute atomic E-state index is 0.0170. The number of sulfonamides is 1. The van der Waals surface area contributed by atoms with Crippen LogP contribution in [0.2, 0.25) is 10.0 Å². The van der Waals surface area contributed by atoms with Crippen molar-refractivity contribution in [2.75, 3.05) is 17.1 Å². The molecule has 2 aromatic rings. The summed E-state index contributed by atoms with van der Waals surface area (Å²) in [5, 5.41) is 3.63. The smallest absolute Gasteiger partial charge is 0.244 e. The Kier molecular flexibility index (Phi) is 10.5. The second kappa shape index (κ2) is 12.4. The van der Waals surface area contributed by atoms with Crippen LogP contribution in [0.25, 0.3) is 0 Å². The molecule has 7 nitrogen and oxygen atoms in total. The van der Waals surface area contributed by atoms with Crippen LogP contribution < -0.4 is 9.62 Å². The summed E-state index contributed by atoms with van der Waals surface area (Å²) >= 11 is 14.5. The maximum absolute atomic E-state index is 13.6. The molecule has 1 atom stereocenters. The fourth-order valence-corrected chi connectivity index (χ4v) is 5.03. The van der Waals surface area contributed by atoms with E-state index in [0.29, 0.717) is 27.7 Å². The van der Waals surface area contributed by atoms with Crippen molar-refractivity contribution in [3.05, 3.63) is 61.6 Å². The lowest BCUT2D eigenvalue weighted by Gasteiger charge is -2.33. The van der Waals surface area contributed by atoms with E-state index in [1.807, 2.05) is 13.8 Å². The first-order chi connectivity index (χ1) is 15.8. The van der Waals surface area contributed by atoms with E-state index in [4.69, 9.17) is 23.2 Å². The first-order valence-corrected chi connectivity index (χ1v) is 14.3. The van der Waals surface area contributed by atoms with Gasteiger partial charge in [-0.2, -0.15) is 0 Å². The summed E-state index contributed by atoms with van der Waals surface area (Å²) in [4.78, 5) is 27.9. The van der Waals surface area contributed by atoms with Crippen molar-refractivity contribution in [1.82, 2.24) is 10.2 Å². The van der Waals surface area contributed by atoms with Gasteiger partial charge in [0.25, 0.3) is 0 Å². The summed E-state index contributed by atoms with van der Waals surface area (Å²) in [5.74, 6) is -0.850. The highest BCUT2D eigenvalue weighted by Crippen LogP contribution is 2.25. The van der Waals surface area contributed by atoms with Crippen LogP contribution in [0.5, 0.6) is 0 Å². The van der Waals surface area contributed by atoms with Gasteiger partial charge in [-0.05, 0) is 84.8 Å². The molecule has 2 aromatic carbocycles. The van der Waals surface area contributed by atoms with Gasteiger partial charge in [-0.25, -0.2) is 8.42 Å². The molecule has 34 heavy (non-hydrogen) atoms. The number of rotatable bonds is 10. The number of nitrogens with one attached hydrogen (secondary N) is 1. The van der Waals surface area contributed by atoms with Crippen LogP contribution in [-0.4, -0.2) is 50.0 Å². The third kappa shape index (κ3) is 8.00. The van der Waals surface area contributed by atoms with E-state index in [2.05, 4.69) is 27.9 Å². The largest absolute Gasteiger partial charge is 0.352 e. The van der Waals surface area contributed by atoms with Crippen molar-refractivity contribution in [1.29, 1.82) is 0 Å². The molecule has 11 heteroatoms. The van der Waals surface area contributed by atoms with Crippen molar-refractivity contribution in [2.24, 2.45) is 0 Å². The Morgan fingerprint density at radius 1 is 1.09 bits per heavy atom. The van der Waals surface area contributed by atoms with E-state index < -0.39 is 28.5 Å². The third-order valence-electron chi connectivity index (χ3n) is 4.97. The lowest BCUT2D eigenvalue weighted by Crippen LogP contribution is -2.53. The van der Waals surface area contributed by atoms with Crippen molar-refractivity contribution in [3.63, 3.8) is 0 Å². The Balaban J connectivity index is 2.46. The highest BCUT2D eigenvalue weighted by molar-refractivity contribution is 14.1. The number of carbonyl (C=O) groups is 2. The lowest BCUT2D eigenvalue weighted by atomic mass is 10.1. The summed E-state index contributed by atoms with van der Waals surface area (Å²) < 4.78 is 27.1. The maximum Gasteiger partial charge on any atom is 0.244 e. The molecule has 0 saturated heterocycles. The molecule has 0 unspecified atom stereocenters. The molecule has 2 amide bonds. The summed E-state index contributed by atoms with van der Waals surface area (Å²) in [6, 6.07) is 10.7. The topological polar surface area (TPSA) is 86.8 Å². The van der Waals surface area contributed by atoms with E-state index >= 15 is 0 Å². The summed E-state index contributed by atoms with van der Waals surface area (Å²) in [5.41, 5.74) is 0.954. The van der Waals surface area contributed by atoms with Crippen LogP contribution in [0, 0.1) is 3.57 Å². The van der Waals surface area contributed by atoms with Crippen molar-refractivity contribution in [2.45, 2.75) is 45.8 Å². The van der Waals surface area contributed by atoms with Gasteiger partial charge in [0.15, 0.2) is 0 Å². The molecule has 0 aliphatic rings. The second-order valence-electron chi connectivity index (χ2n) is 8.09. The third-order valence-corrected chi connectivity index (χ3v) is 7.41. The van der Waals surface area contributed by atoms with Gasteiger partial charge in [0.05, 0.1) is 11.9 Å². The molecule has 2 rings (SSSR count). The van der Waals surface area contributed by atoms with Crippen LogP contribution in [0.15, 0.2) is 42.5 Å². The zero-order valence-corrected chi connectivity index (χ0v) is 23.9. The Morgan fingerprint density at radius 2 is 1.71 bits per heavy atom. The molecule has 0 radical (unpaired) electrons.